The Balaban J connectivity index is 2.34. The van der Waals surface area contributed by atoms with Crippen LogP contribution in [0.2, 0.25) is 0 Å². The molecule has 0 saturated carbocycles. The number of hydrogen-bond acceptors (Lipinski definition) is 4. The summed E-state index contributed by atoms with van der Waals surface area (Å²) in [5.41, 5.74) is -1.06. The smallest absolute Gasteiger partial charge is 0.418 e. The number of carbonyl (C=O) groups excluding carboxylic acids is 1. The van der Waals surface area contributed by atoms with Gasteiger partial charge in [-0.2, -0.15) is 0 Å². The Hall–Kier alpha value is -1.62. The highest BCUT2D eigenvalue weighted by molar-refractivity contribution is 5.90. The molecule has 1 aromatic heterocycles. The molecule has 1 aromatic rings. The van der Waals surface area contributed by atoms with Crippen LogP contribution in [-0.4, -0.2) is 27.5 Å². The van der Waals surface area contributed by atoms with E-state index in [1.54, 1.807) is 40.0 Å². The Labute approximate surface area is 106 Å². The molecule has 1 atom stereocenters. The van der Waals surface area contributed by atoms with Gasteiger partial charge in [-0.05, 0) is 33.8 Å². The molecule has 0 saturated heterocycles. The zero-order chi connectivity index (χ0) is 13.6. The molecule has 0 aromatic carbocycles. The molecule has 98 valence electrons. The highest BCUT2D eigenvalue weighted by atomic mass is 16.6. The average Bonchev–Trinajstić information content (AvgIpc) is 2.44. The average molecular weight is 250 g/mol. The third-order valence-corrected chi connectivity index (χ3v) is 2.66. The second kappa shape index (κ2) is 3.95. The lowest BCUT2D eigenvalue weighted by Crippen LogP contribution is -2.49. The van der Waals surface area contributed by atoms with Crippen LogP contribution >= 0.6 is 0 Å². The number of carbonyl (C=O) groups is 1. The highest BCUT2D eigenvalue weighted by Gasteiger charge is 2.44. The van der Waals surface area contributed by atoms with Crippen molar-refractivity contribution < 1.29 is 14.6 Å². The number of pyridine rings is 1. The van der Waals surface area contributed by atoms with Crippen LogP contribution in [-0.2, 0) is 11.2 Å². The molecule has 0 aliphatic carbocycles. The van der Waals surface area contributed by atoms with Crippen molar-refractivity contribution >= 4 is 11.9 Å². The SMILES string of the molecule is CC(C)(C)OC(=O)N1c2ncccc2CC1(C)O. The molecule has 0 radical (unpaired) electrons. The van der Waals surface area contributed by atoms with E-state index in [2.05, 4.69) is 4.98 Å². The van der Waals surface area contributed by atoms with Crippen LogP contribution < -0.4 is 4.90 Å². The molecule has 0 fully saturated rings. The van der Waals surface area contributed by atoms with Crippen LogP contribution in [0.4, 0.5) is 10.6 Å². The van der Waals surface area contributed by atoms with Gasteiger partial charge < -0.3 is 9.84 Å². The Morgan fingerprint density at radius 3 is 2.83 bits per heavy atom. The molecule has 1 unspecified atom stereocenters. The van der Waals surface area contributed by atoms with Crippen LogP contribution in [0.25, 0.3) is 0 Å². The zero-order valence-corrected chi connectivity index (χ0v) is 11.1. The third-order valence-electron chi connectivity index (χ3n) is 2.66. The van der Waals surface area contributed by atoms with Crippen molar-refractivity contribution in [3.05, 3.63) is 23.9 Å². The number of aromatic nitrogens is 1. The molecule has 5 heteroatoms. The van der Waals surface area contributed by atoms with Crippen LogP contribution in [0.15, 0.2) is 18.3 Å². The Bertz CT molecular complexity index is 477. The first-order valence-electron chi connectivity index (χ1n) is 5.90. The van der Waals surface area contributed by atoms with Gasteiger partial charge in [0.05, 0.1) is 0 Å². The molecule has 1 N–H and O–H groups in total. The maximum atomic E-state index is 12.1. The number of nitrogens with zero attached hydrogens (tertiary/aromatic N) is 2. The summed E-state index contributed by atoms with van der Waals surface area (Å²) in [6, 6.07) is 3.63. The monoisotopic (exact) mass is 250 g/mol. The highest BCUT2D eigenvalue weighted by Crippen LogP contribution is 2.36. The molecule has 5 nitrogen and oxygen atoms in total. The Morgan fingerprint density at radius 2 is 2.22 bits per heavy atom. The van der Waals surface area contributed by atoms with E-state index in [4.69, 9.17) is 4.74 Å². The summed E-state index contributed by atoms with van der Waals surface area (Å²) in [6.07, 6.45) is 1.37. The molecular weight excluding hydrogens is 232 g/mol. The summed E-state index contributed by atoms with van der Waals surface area (Å²) in [5, 5.41) is 10.3. The summed E-state index contributed by atoms with van der Waals surface area (Å²) in [4.78, 5) is 17.5. The molecule has 2 heterocycles. The van der Waals surface area contributed by atoms with Crippen molar-refractivity contribution in [3.63, 3.8) is 0 Å². The molecule has 0 bridgehead atoms. The standard InChI is InChI=1S/C13H18N2O3/c1-12(2,3)18-11(16)15-10-9(6-5-7-14-10)8-13(15,4)17/h5-7,17H,8H2,1-4H3. The van der Waals surface area contributed by atoms with E-state index in [0.717, 1.165) is 5.56 Å². The van der Waals surface area contributed by atoms with E-state index in [1.165, 1.54) is 4.90 Å². The Morgan fingerprint density at radius 1 is 1.56 bits per heavy atom. The van der Waals surface area contributed by atoms with Crippen LogP contribution in [0, 0.1) is 0 Å². The minimum absolute atomic E-state index is 0.357. The van der Waals surface area contributed by atoms with E-state index in [-0.39, 0.29) is 0 Å². The molecular formula is C13H18N2O3. The van der Waals surface area contributed by atoms with Gasteiger partial charge in [0.2, 0.25) is 0 Å². The first-order chi connectivity index (χ1) is 8.21. The fourth-order valence-electron chi connectivity index (χ4n) is 2.03. The number of amides is 1. The maximum Gasteiger partial charge on any atom is 0.418 e. The second-order valence-corrected chi connectivity index (χ2v) is 5.70. The van der Waals surface area contributed by atoms with E-state index < -0.39 is 17.4 Å². The van der Waals surface area contributed by atoms with E-state index in [1.807, 2.05) is 6.07 Å². The first-order valence-corrected chi connectivity index (χ1v) is 5.90. The fraction of sp³-hybridized carbons (Fsp3) is 0.538. The predicted octanol–water partition coefficient (Wildman–Crippen LogP) is 2.09. The zero-order valence-electron chi connectivity index (χ0n) is 11.1. The predicted molar refractivity (Wildman–Crippen MR) is 67.3 cm³/mol. The first kappa shape index (κ1) is 12.8. The van der Waals surface area contributed by atoms with Crippen molar-refractivity contribution in [1.82, 2.24) is 4.98 Å². The van der Waals surface area contributed by atoms with E-state index in [9.17, 15) is 9.90 Å². The van der Waals surface area contributed by atoms with Crippen molar-refractivity contribution in [3.8, 4) is 0 Å². The molecule has 1 aliphatic rings. The molecule has 1 aliphatic heterocycles. The largest absolute Gasteiger partial charge is 0.443 e. The van der Waals surface area contributed by atoms with Gasteiger partial charge in [-0.15, -0.1) is 0 Å². The van der Waals surface area contributed by atoms with Crippen molar-refractivity contribution in [1.29, 1.82) is 0 Å². The lowest BCUT2D eigenvalue weighted by Gasteiger charge is -2.31. The topological polar surface area (TPSA) is 62.7 Å². The third kappa shape index (κ3) is 2.31. The van der Waals surface area contributed by atoms with Gasteiger partial charge in [-0.25, -0.2) is 14.7 Å². The van der Waals surface area contributed by atoms with Gasteiger partial charge in [-0.3, -0.25) is 0 Å². The minimum atomic E-state index is -1.29. The summed E-state index contributed by atoms with van der Waals surface area (Å²) in [5.74, 6) is 0.469. The fourth-order valence-corrected chi connectivity index (χ4v) is 2.03. The van der Waals surface area contributed by atoms with Gasteiger partial charge in [-0.1, -0.05) is 6.07 Å². The summed E-state index contributed by atoms with van der Waals surface area (Å²) in [6.45, 7) is 6.94. The number of anilines is 1. The lowest BCUT2D eigenvalue weighted by atomic mass is 10.1. The van der Waals surface area contributed by atoms with E-state index >= 15 is 0 Å². The molecule has 2 rings (SSSR count). The van der Waals surface area contributed by atoms with Crippen molar-refractivity contribution in [2.24, 2.45) is 0 Å². The van der Waals surface area contributed by atoms with Gasteiger partial charge in [0, 0.05) is 18.2 Å². The quantitative estimate of drug-likeness (QED) is 0.765. The van der Waals surface area contributed by atoms with Crippen LogP contribution in [0.5, 0.6) is 0 Å². The normalized spacial score (nSPS) is 22.8. The lowest BCUT2D eigenvalue weighted by molar-refractivity contribution is 0.0253. The van der Waals surface area contributed by atoms with Gasteiger partial charge in [0.15, 0.2) is 5.72 Å². The minimum Gasteiger partial charge on any atom is -0.443 e. The summed E-state index contributed by atoms with van der Waals surface area (Å²) in [7, 11) is 0. The maximum absolute atomic E-state index is 12.1. The van der Waals surface area contributed by atoms with Gasteiger partial charge in [0.25, 0.3) is 0 Å². The van der Waals surface area contributed by atoms with Crippen LogP contribution in [0.3, 0.4) is 0 Å². The number of ether oxygens (including phenoxy) is 1. The Kier molecular flexibility index (Phi) is 2.81. The van der Waals surface area contributed by atoms with Crippen molar-refractivity contribution in [2.75, 3.05) is 4.90 Å². The summed E-state index contributed by atoms with van der Waals surface area (Å²) >= 11 is 0. The number of hydrogen-bond donors (Lipinski definition) is 1. The van der Waals surface area contributed by atoms with E-state index in [0.29, 0.717) is 12.2 Å². The number of aliphatic hydroxyl groups is 1. The van der Waals surface area contributed by atoms with Gasteiger partial charge >= 0.3 is 6.09 Å². The van der Waals surface area contributed by atoms with Crippen molar-refractivity contribution in [2.45, 2.75) is 45.4 Å². The second-order valence-electron chi connectivity index (χ2n) is 5.70. The molecule has 0 spiro atoms. The molecule has 18 heavy (non-hydrogen) atoms. The van der Waals surface area contributed by atoms with Crippen LogP contribution in [0.1, 0.15) is 33.3 Å². The van der Waals surface area contributed by atoms with Gasteiger partial charge in [0.1, 0.15) is 11.4 Å². The molecule has 1 amide bonds. The number of fused-ring (bicyclic) bond motifs is 1. The number of rotatable bonds is 0. The summed E-state index contributed by atoms with van der Waals surface area (Å²) < 4.78 is 5.30.